The van der Waals surface area contributed by atoms with E-state index in [0.717, 1.165) is 75.3 Å². The van der Waals surface area contributed by atoms with Gasteiger partial charge in [0.2, 0.25) is 5.95 Å². The molecule has 0 unspecified atom stereocenters. The highest BCUT2D eigenvalue weighted by Crippen LogP contribution is 2.34. The third kappa shape index (κ3) is 3.74. The van der Waals surface area contributed by atoms with Crippen molar-refractivity contribution >= 4 is 11.8 Å². The topological polar surface area (TPSA) is 115 Å². The molecule has 4 rings (SSSR count). The summed E-state index contributed by atoms with van der Waals surface area (Å²) in [6, 6.07) is 2.32. The van der Waals surface area contributed by atoms with Crippen molar-refractivity contribution in [1.29, 1.82) is 0 Å². The molecule has 2 aromatic heterocycles. The Bertz CT molecular complexity index is 768. The lowest BCUT2D eigenvalue weighted by atomic mass is 9.80. The van der Waals surface area contributed by atoms with Gasteiger partial charge in [-0.1, -0.05) is 0 Å². The Labute approximate surface area is 159 Å². The Morgan fingerprint density at radius 2 is 1.85 bits per heavy atom. The fourth-order valence-corrected chi connectivity index (χ4v) is 4.06. The van der Waals surface area contributed by atoms with Crippen LogP contribution in [0.15, 0.2) is 6.07 Å². The fraction of sp³-hybridized carbons (Fsp3) is 0.667. The molecular formula is C18H29N9. The SMILES string of the molecule is CCn1c(CN2CCN(c3cc(C)nc(N)n3)CC2)nnc1C1CC(N)C1. The van der Waals surface area contributed by atoms with Crippen molar-refractivity contribution in [2.45, 2.75) is 51.7 Å². The van der Waals surface area contributed by atoms with E-state index >= 15 is 0 Å². The van der Waals surface area contributed by atoms with Crippen LogP contribution in [0.1, 0.15) is 43.0 Å². The van der Waals surface area contributed by atoms with Crippen LogP contribution in [0.5, 0.6) is 0 Å². The summed E-state index contributed by atoms with van der Waals surface area (Å²) in [6.07, 6.45) is 2.05. The predicted molar refractivity (Wildman–Crippen MR) is 104 cm³/mol. The quantitative estimate of drug-likeness (QED) is 0.781. The minimum atomic E-state index is 0.327. The number of anilines is 2. The number of nitrogen functional groups attached to an aromatic ring is 1. The van der Waals surface area contributed by atoms with Gasteiger partial charge in [-0.15, -0.1) is 10.2 Å². The normalized spacial score (nSPS) is 23.4. The molecule has 0 radical (unpaired) electrons. The average molecular weight is 371 g/mol. The number of rotatable bonds is 5. The van der Waals surface area contributed by atoms with Crippen LogP contribution >= 0.6 is 0 Å². The van der Waals surface area contributed by atoms with Crippen LogP contribution < -0.4 is 16.4 Å². The van der Waals surface area contributed by atoms with E-state index in [1.165, 1.54) is 0 Å². The lowest BCUT2D eigenvalue weighted by Crippen LogP contribution is -2.46. The molecule has 146 valence electrons. The van der Waals surface area contributed by atoms with Crippen molar-refractivity contribution in [3.05, 3.63) is 23.4 Å². The number of nitrogens with zero attached hydrogens (tertiary/aromatic N) is 7. The molecule has 9 nitrogen and oxygen atoms in total. The molecule has 1 saturated carbocycles. The highest BCUT2D eigenvalue weighted by Gasteiger charge is 2.32. The third-order valence-corrected chi connectivity index (χ3v) is 5.63. The van der Waals surface area contributed by atoms with Crippen LogP contribution in [0.2, 0.25) is 0 Å². The molecular weight excluding hydrogens is 342 g/mol. The van der Waals surface area contributed by atoms with Gasteiger partial charge in [-0.05, 0) is 26.7 Å². The van der Waals surface area contributed by atoms with Crippen molar-refractivity contribution in [2.24, 2.45) is 5.73 Å². The van der Waals surface area contributed by atoms with E-state index in [4.69, 9.17) is 11.5 Å². The van der Waals surface area contributed by atoms with Gasteiger partial charge in [-0.25, -0.2) is 4.98 Å². The Balaban J connectivity index is 1.38. The summed E-state index contributed by atoms with van der Waals surface area (Å²) in [5, 5.41) is 8.97. The van der Waals surface area contributed by atoms with E-state index < -0.39 is 0 Å². The summed E-state index contributed by atoms with van der Waals surface area (Å²) in [5.41, 5.74) is 12.6. The van der Waals surface area contributed by atoms with E-state index in [9.17, 15) is 0 Å². The molecule has 2 aliphatic rings. The highest BCUT2D eigenvalue weighted by molar-refractivity contribution is 5.43. The summed E-state index contributed by atoms with van der Waals surface area (Å²) < 4.78 is 2.28. The molecule has 0 atom stereocenters. The maximum atomic E-state index is 5.95. The molecule has 4 N–H and O–H groups in total. The minimum absolute atomic E-state index is 0.327. The van der Waals surface area contributed by atoms with Crippen molar-refractivity contribution in [3.63, 3.8) is 0 Å². The van der Waals surface area contributed by atoms with Gasteiger partial charge < -0.3 is 20.9 Å². The average Bonchev–Trinajstić information content (AvgIpc) is 3.01. The summed E-state index contributed by atoms with van der Waals surface area (Å²) in [6.45, 7) is 9.60. The van der Waals surface area contributed by atoms with E-state index in [-0.39, 0.29) is 0 Å². The molecule has 0 bridgehead atoms. The lowest BCUT2D eigenvalue weighted by Gasteiger charge is -2.35. The second-order valence-electron chi connectivity index (χ2n) is 7.64. The molecule has 2 fully saturated rings. The first-order chi connectivity index (χ1) is 13.0. The van der Waals surface area contributed by atoms with Crippen molar-refractivity contribution < 1.29 is 0 Å². The molecule has 0 spiro atoms. The predicted octanol–water partition coefficient (Wildman–Crippen LogP) is 0.506. The Hall–Kier alpha value is -2.26. The van der Waals surface area contributed by atoms with Gasteiger partial charge in [0.25, 0.3) is 0 Å². The van der Waals surface area contributed by atoms with Crippen molar-refractivity contribution in [2.75, 3.05) is 36.8 Å². The van der Waals surface area contributed by atoms with Crippen molar-refractivity contribution in [1.82, 2.24) is 29.6 Å². The van der Waals surface area contributed by atoms with E-state index in [1.54, 1.807) is 0 Å². The van der Waals surface area contributed by atoms with Crippen LogP contribution in [0.3, 0.4) is 0 Å². The zero-order valence-electron chi connectivity index (χ0n) is 16.2. The first kappa shape index (κ1) is 18.1. The van der Waals surface area contributed by atoms with E-state index in [2.05, 4.69) is 41.5 Å². The Kier molecular flexibility index (Phi) is 4.96. The largest absolute Gasteiger partial charge is 0.368 e. The Morgan fingerprint density at radius 1 is 1.11 bits per heavy atom. The first-order valence-electron chi connectivity index (χ1n) is 9.79. The van der Waals surface area contributed by atoms with Crippen LogP contribution in [0.4, 0.5) is 11.8 Å². The molecule has 9 heteroatoms. The van der Waals surface area contributed by atoms with Gasteiger partial charge in [-0.2, -0.15) is 4.98 Å². The third-order valence-electron chi connectivity index (χ3n) is 5.63. The van der Waals surface area contributed by atoms with Crippen LogP contribution in [-0.4, -0.2) is 61.9 Å². The van der Waals surface area contributed by atoms with Crippen molar-refractivity contribution in [3.8, 4) is 0 Å². The molecule has 1 aliphatic heterocycles. The maximum absolute atomic E-state index is 5.95. The smallest absolute Gasteiger partial charge is 0.222 e. The zero-order valence-corrected chi connectivity index (χ0v) is 16.2. The maximum Gasteiger partial charge on any atom is 0.222 e. The van der Waals surface area contributed by atoms with Crippen LogP contribution in [0.25, 0.3) is 0 Å². The number of nitrogens with two attached hydrogens (primary N) is 2. The summed E-state index contributed by atoms with van der Waals surface area (Å²) in [7, 11) is 0. The number of hydrogen-bond donors (Lipinski definition) is 2. The van der Waals surface area contributed by atoms with Crippen LogP contribution in [0, 0.1) is 6.92 Å². The number of aromatic nitrogens is 5. The zero-order chi connectivity index (χ0) is 19.0. The summed E-state index contributed by atoms with van der Waals surface area (Å²) in [4.78, 5) is 13.2. The molecule has 27 heavy (non-hydrogen) atoms. The van der Waals surface area contributed by atoms with Gasteiger partial charge >= 0.3 is 0 Å². The van der Waals surface area contributed by atoms with Gasteiger partial charge in [-0.3, -0.25) is 4.90 Å². The molecule has 0 aromatic carbocycles. The van der Waals surface area contributed by atoms with Crippen LogP contribution in [-0.2, 0) is 13.1 Å². The van der Waals surface area contributed by atoms with Gasteiger partial charge in [0.1, 0.15) is 17.5 Å². The molecule has 1 saturated heterocycles. The highest BCUT2D eigenvalue weighted by atomic mass is 15.3. The van der Waals surface area contributed by atoms with E-state index in [1.807, 2.05) is 13.0 Å². The minimum Gasteiger partial charge on any atom is -0.368 e. The molecule has 2 aromatic rings. The number of aryl methyl sites for hydroxylation is 1. The first-order valence-corrected chi connectivity index (χ1v) is 9.79. The second-order valence-corrected chi connectivity index (χ2v) is 7.64. The molecule has 3 heterocycles. The molecule has 1 aliphatic carbocycles. The lowest BCUT2D eigenvalue weighted by molar-refractivity contribution is 0.239. The fourth-order valence-electron chi connectivity index (χ4n) is 4.06. The summed E-state index contributed by atoms with van der Waals surface area (Å²) in [5.74, 6) is 3.90. The second kappa shape index (κ2) is 7.40. The van der Waals surface area contributed by atoms with Gasteiger partial charge in [0, 0.05) is 56.4 Å². The summed E-state index contributed by atoms with van der Waals surface area (Å²) >= 11 is 0. The Morgan fingerprint density at radius 3 is 2.48 bits per heavy atom. The number of hydrogen-bond acceptors (Lipinski definition) is 8. The van der Waals surface area contributed by atoms with Gasteiger partial charge in [0.05, 0.1) is 6.54 Å². The van der Waals surface area contributed by atoms with Gasteiger partial charge in [0.15, 0.2) is 0 Å². The standard InChI is InChI=1S/C18H29N9/c1-3-27-16(23-24-17(27)13-9-14(19)10-13)11-25-4-6-26(7-5-25)15-8-12(2)21-18(20)22-15/h8,13-14H,3-7,9-11,19H2,1-2H3,(H2,20,21,22). The number of piperazine rings is 1. The van der Waals surface area contributed by atoms with E-state index in [0.29, 0.717) is 17.9 Å². The monoisotopic (exact) mass is 371 g/mol. The molecule has 0 amide bonds.